The summed E-state index contributed by atoms with van der Waals surface area (Å²) in [5, 5.41) is 0. The van der Waals surface area contributed by atoms with Crippen molar-refractivity contribution >= 4 is 49.2 Å². The summed E-state index contributed by atoms with van der Waals surface area (Å²) in [6.07, 6.45) is 21.6. The molecule has 0 atom stereocenters. The van der Waals surface area contributed by atoms with Gasteiger partial charge in [-0.1, -0.05) is 0 Å². The smallest absolute Gasteiger partial charge is 0.406 e. The Morgan fingerprint density at radius 1 is 0.300 bits per heavy atom. The third-order valence-corrected chi connectivity index (χ3v) is 9.05. The summed E-state index contributed by atoms with van der Waals surface area (Å²) in [6, 6.07) is 26.8. The lowest BCUT2D eigenvalue weighted by Gasteiger charge is -2.14. The number of hydrogen-bond donors (Lipinski definition) is 0. The van der Waals surface area contributed by atoms with Gasteiger partial charge in [-0.15, -0.1) is 0 Å². The molecule has 6 rings (SSSR count). The predicted octanol–water partition coefficient (Wildman–Crippen LogP) is -0.507. The Bertz CT molecular complexity index is 1970. The van der Waals surface area contributed by atoms with E-state index >= 15 is 0 Å². The Labute approximate surface area is 353 Å². The van der Waals surface area contributed by atoms with Crippen molar-refractivity contribution in [2.45, 2.75) is 0 Å². The van der Waals surface area contributed by atoms with Crippen LogP contribution in [0.15, 0.2) is 123 Å². The molecule has 0 aromatic carbocycles. The third kappa shape index (κ3) is 12.7. The van der Waals surface area contributed by atoms with Crippen molar-refractivity contribution in [1.29, 1.82) is 0 Å². The van der Waals surface area contributed by atoms with E-state index < -0.39 is 20.8 Å². The molecule has 5 radical (unpaired) electrons. The van der Waals surface area contributed by atoms with E-state index in [9.17, 15) is 0 Å². The van der Waals surface area contributed by atoms with E-state index in [4.69, 9.17) is 35.0 Å². The molecule has 0 unspecified atom stereocenters. The van der Waals surface area contributed by atoms with Crippen LogP contribution in [0.2, 0.25) is 0 Å². The first-order valence-corrected chi connectivity index (χ1v) is 20.8. The molecule has 0 aliphatic heterocycles. The fourth-order valence-electron chi connectivity index (χ4n) is 6.11. The lowest BCUT2D eigenvalue weighted by molar-refractivity contribution is -0.758. The summed E-state index contributed by atoms with van der Waals surface area (Å²) in [7, 11) is 10.4. The van der Waals surface area contributed by atoms with Crippen molar-refractivity contribution in [2.75, 3.05) is 95.0 Å². The first kappa shape index (κ1) is 47.2. The predicted molar refractivity (Wildman–Crippen MR) is 219 cm³/mol. The Balaban J connectivity index is 0.000000711. The van der Waals surface area contributed by atoms with Crippen molar-refractivity contribution in [3.05, 3.63) is 153 Å². The van der Waals surface area contributed by atoms with Crippen LogP contribution in [0, 0.1) is 30.2 Å². The van der Waals surface area contributed by atoms with Gasteiger partial charge in [-0.25, -0.2) is 0 Å². The molecule has 1 aliphatic rings. The second-order valence-electron chi connectivity index (χ2n) is 14.3. The topological polar surface area (TPSA) is 196 Å². The number of hydrogen-bond acceptors (Lipinski definition) is 13. The molecule has 0 saturated heterocycles. The molecule has 1 saturated carbocycles. The highest BCUT2D eigenvalue weighted by Gasteiger charge is 2.83. The number of pyridine rings is 5. The Morgan fingerprint density at radius 3 is 0.483 bits per heavy atom. The maximum absolute atomic E-state index is 8.52. The van der Waals surface area contributed by atoms with Crippen molar-refractivity contribution in [3.8, 4) is 0 Å². The van der Waals surface area contributed by atoms with Crippen LogP contribution < -0.4 is 47.3 Å². The first-order chi connectivity index (χ1) is 27.9. The minimum atomic E-state index is -5.17. The average Bonchev–Trinajstić information content (AvgIpc) is 3.53. The highest BCUT2D eigenvalue weighted by Crippen LogP contribution is 2.45. The van der Waals surface area contributed by atoms with Crippen molar-refractivity contribution in [2.24, 2.45) is 0 Å². The fourth-order valence-corrected chi connectivity index (χ4v) is 6.11. The summed E-state index contributed by atoms with van der Waals surface area (Å²) in [4.78, 5) is 10.6. The summed E-state index contributed by atoms with van der Waals surface area (Å²) < 4.78 is 79.4. The maximum Gasteiger partial charge on any atom is 0.406 e. The van der Waals surface area contributed by atoms with E-state index in [0.717, 1.165) is 58.6 Å². The van der Waals surface area contributed by atoms with Crippen LogP contribution in [-0.2, 0) is 20.8 Å². The minimum Gasteiger partial charge on any atom is -0.759 e. The van der Waals surface area contributed by atoms with Gasteiger partial charge in [-0.2, -0.15) is 22.8 Å². The summed E-state index contributed by atoms with van der Waals surface area (Å²) >= 11 is 0. The average molecular weight is 863 g/mol. The molecule has 20 heteroatoms. The van der Waals surface area contributed by atoms with Gasteiger partial charge in [0.1, 0.15) is 0 Å². The van der Waals surface area contributed by atoms with Gasteiger partial charge in [0.25, 0.3) is 0 Å². The van der Waals surface area contributed by atoms with Gasteiger partial charge in [-0.05, 0) is 0 Å². The number of anilines is 5. The van der Waals surface area contributed by atoms with Gasteiger partial charge in [0.2, 0.25) is 0 Å². The second kappa shape index (κ2) is 19.7. The Hall–Kier alpha value is -5.51. The molecule has 319 valence electrons. The van der Waals surface area contributed by atoms with E-state index in [2.05, 4.69) is 240 Å². The molecule has 60 heavy (non-hydrogen) atoms. The lowest BCUT2D eigenvalue weighted by atomic mass is 10.1. The van der Waals surface area contributed by atoms with E-state index in [-0.39, 0.29) is 0 Å². The molecule has 5 heterocycles. The minimum absolute atomic E-state index is 1.04. The van der Waals surface area contributed by atoms with Gasteiger partial charge < -0.3 is 42.7 Å². The van der Waals surface area contributed by atoms with E-state index in [1.165, 1.54) is 0 Å². The summed E-state index contributed by atoms with van der Waals surface area (Å²) in [5.74, 6) is 0. The molecule has 0 spiro atoms. The van der Waals surface area contributed by atoms with Crippen LogP contribution in [0.1, 0.15) is 0 Å². The van der Waals surface area contributed by atoms with Crippen LogP contribution in [0.5, 0.6) is 0 Å². The second-order valence-corrected chi connectivity index (χ2v) is 16.0. The van der Waals surface area contributed by atoms with Crippen LogP contribution in [-0.4, -0.2) is 106 Å². The number of nitrogens with zero attached hydrogens (tertiary/aromatic N) is 10. The summed E-state index contributed by atoms with van der Waals surface area (Å²) in [5.41, 5.74) is 5.65. The van der Waals surface area contributed by atoms with E-state index in [1.54, 1.807) is 0 Å². The molecular formula is C40H50N10O8S2+. The van der Waals surface area contributed by atoms with Crippen molar-refractivity contribution < 1.29 is 57.9 Å². The molecule has 1 aliphatic carbocycles. The van der Waals surface area contributed by atoms with Gasteiger partial charge in [0, 0.05) is 180 Å². The molecule has 5 aromatic rings. The molecule has 0 bridgehead atoms. The quantitative estimate of drug-likeness (QED) is 0.0991. The van der Waals surface area contributed by atoms with Crippen LogP contribution in [0.25, 0.3) is 0 Å². The normalized spacial score (nSPS) is 14.1. The third-order valence-electron chi connectivity index (χ3n) is 9.05. The molecule has 5 aromatic heterocycles. The largest absolute Gasteiger partial charge is 0.759 e. The molecule has 18 nitrogen and oxygen atoms in total. The number of aromatic nitrogens is 5. The van der Waals surface area contributed by atoms with Crippen molar-refractivity contribution in [1.82, 2.24) is 0 Å². The van der Waals surface area contributed by atoms with E-state index in [0.29, 0.717) is 0 Å². The van der Waals surface area contributed by atoms with Crippen LogP contribution in [0.3, 0.4) is 0 Å². The summed E-state index contributed by atoms with van der Waals surface area (Å²) in [6.45, 7) is 0. The SMILES string of the molecule is CN(C)c1cc[n+]([C]2[C]([n+]3ccc(N(C)C)cc3)[C]([n+]3ccc(N(C)C)cc3)[C]([n+]3ccc(N(C)C)cc3)[C]2[n+]2ccc(N(C)C)cc2)cc1.O=S(=O)([O-])[O-].O=S(=O)([O-])[O-]. The zero-order valence-electron chi connectivity index (χ0n) is 35.1. The lowest BCUT2D eigenvalue weighted by Crippen LogP contribution is -2.60. The van der Waals surface area contributed by atoms with E-state index in [1.807, 2.05) is 0 Å². The fraction of sp³-hybridized carbons (Fsp3) is 0.250. The zero-order valence-corrected chi connectivity index (χ0v) is 36.7. The van der Waals surface area contributed by atoms with Crippen LogP contribution in [0.4, 0.5) is 28.4 Å². The van der Waals surface area contributed by atoms with Crippen molar-refractivity contribution in [3.63, 3.8) is 0 Å². The Morgan fingerprint density at radius 2 is 0.400 bits per heavy atom. The maximum atomic E-state index is 8.52. The van der Waals surface area contributed by atoms with Gasteiger partial charge in [0.15, 0.2) is 62.0 Å². The molecular weight excluding hydrogens is 813 g/mol. The molecule has 1 fully saturated rings. The van der Waals surface area contributed by atoms with Gasteiger partial charge in [-0.3, -0.25) is 16.8 Å². The first-order valence-electron chi connectivity index (χ1n) is 18.1. The molecule has 0 amide bonds. The van der Waals surface area contributed by atoms with Gasteiger partial charge in [0.05, 0.1) is 0 Å². The highest BCUT2D eigenvalue weighted by molar-refractivity contribution is 7.79. The van der Waals surface area contributed by atoms with Gasteiger partial charge >= 0.3 is 30.2 Å². The van der Waals surface area contributed by atoms with Crippen LogP contribution >= 0.6 is 0 Å². The number of rotatable bonds is 10. The molecule has 0 N–H and O–H groups in total. The highest BCUT2D eigenvalue weighted by atomic mass is 32.3. The standard InChI is InChI=1S/C40H50N10.2H2O4S/c1-41(2)31-11-21-46(22-12-31)36-37(47-23-13-32(14-24-47)42(3)4)39(49-27-17-34(18-28-49)44(7)8)40(50-29-19-35(20-30-50)45(9)10)38(36)48-25-15-33(16-26-48)43(5)6;2*1-5(2,3)4/h11-30H,1-10H3;2*(H2,1,2,3,4)/q+5;;/p-4. The Kier molecular flexibility index (Phi) is 15.5. The zero-order chi connectivity index (χ0) is 44.7. The monoisotopic (exact) mass is 862 g/mol.